The van der Waals surface area contributed by atoms with E-state index >= 15 is 0 Å². The summed E-state index contributed by atoms with van der Waals surface area (Å²) in [4.78, 5) is 30.3. The van der Waals surface area contributed by atoms with Crippen LogP contribution in [0, 0.1) is 6.92 Å². The van der Waals surface area contributed by atoms with E-state index in [2.05, 4.69) is 42.7 Å². The average molecular weight is 569 g/mol. The van der Waals surface area contributed by atoms with E-state index in [0.29, 0.717) is 40.3 Å². The van der Waals surface area contributed by atoms with Gasteiger partial charge in [0.1, 0.15) is 5.69 Å². The lowest BCUT2D eigenvalue weighted by Gasteiger charge is -2.34. The number of anilines is 3. The van der Waals surface area contributed by atoms with Crippen LogP contribution in [-0.2, 0) is 12.7 Å². The maximum absolute atomic E-state index is 13.9. The third-order valence-electron chi connectivity index (χ3n) is 6.18. The molecule has 1 aliphatic heterocycles. The van der Waals surface area contributed by atoms with Crippen molar-refractivity contribution in [1.29, 1.82) is 0 Å². The summed E-state index contributed by atoms with van der Waals surface area (Å²) in [6.45, 7) is 8.01. The Morgan fingerprint density at radius 3 is 2.50 bits per heavy atom. The molecule has 1 fully saturated rings. The lowest BCUT2D eigenvalue weighted by Crippen LogP contribution is -2.45. The zero-order chi connectivity index (χ0) is 27.4. The molecular weight excluding hydrogens is 541 g/mol. The summed E-state index contributed by atoms with van der Waals surface area (Å²) in [5, 5.41) is 8.46. The molecular formula is C24H28ClF3N8OS. The summed E-state index contributed by atoms with van der Waals surface area (Å²) >= 11 is 7.39. The maximum Gasteiger partial charge on any atom is 0.416 e. The molecule has 0 bridgehead atoms. The number of thiazole rings is 1. The molecule has 204 valence electrons. The van der Waals surface area contributed by atoms with Crippen molar-refractivity contribution in [3.63, 3.8) is 0 Å². The molecule has 0 radical (unpaired) electrons. The van der Waals surface area contributed by atoms with Crippen molar-refractivity contribution in [1.82, 2.24) is 24.8 Å². The van der Waals surface area contributed by atoms with Crippen LogP contribution < -0.4 is 16.0 Å². The summed E-state index contributed by atoms with van der Waals surface area (Å²) < 4.78 is 41.7. The first-order valence-corrected chi connectivity index (χ1v) is 13.2. The Hall–Kier alpha value is -3.00. The largest absolute Gasteiger partial charge is 0.416 e. The highest BCUT2D eigenvalue weighted by atomic mass is 35.5. The van der Waals surface area contributed by atoms with Gasteiger partial charge in [-0.1, -0.05) is 35.9 Å². The third-order valence-corrected chi connectivity index (χ3v) is 7.54. The molecule has 9 nitrogen and oxygen atoms in total. The van der Waals surface area contributed by atoms with Gasteiger partial charge in [0.2, 0.25) is 5.95 Å². The number of halogens is 4. The summed E-state index contributed by atoms with van der Waals surface area (Å²) in [5.41, 5.74) is 0.475. The second-order valence-electron chi connectivity index (χ2n) is 8.73. The van der Waals surface area contributed by atoms with Crippen LogP contribution in [0.25, 0.3) is 10.6 Å². The molecule has 38 heavy (non-hydrogen) atoms. The van der Waals surface area contributed by atoms with Gasteiger partial charge in [0.25, 0.3) is 0 Å². The molecule has 3 N–H and O–H groups in total. The molecule has 0 unspecified atom stereocenters. The van der Waals surface area contributed by atoms with Crippen molar-refractivity contribution in [3.8, 4) is 10.6 Å². The van der Waals surface area contributed by atoms with Crippen LogP contribution in [0.1, 0.15) is 23.7 Å². The Kier molecular flexibility index (Phi) is 8.71. The van der Waals surface area contributed by atoms with Gasteiger partial charge in [0, 0.05) is 45.5 Å². The van der Waals surface area contributed by atoms with Gasteiger partial charge in [0.15, 0.2) is 5.13 Å². The Balaban J connectivity index is 1.46. The van der Waals surface area contributed by atoms with Crippen LogP contribution in [0.2, 0.25) is 5.02 Å². The summed E-state index contributed by atoms with van der Waals surface area (Å²) in [7, 11) is 1.67. The number of carbonyl (C=O) groups is 1. The van der Waals surface area contributed by atoms with E-state index in [4.69, 9.17) is 11.6 Å². The number of likely N-dealkylation sites (N-methyl/N-ethyl adjacent to an activating group) is 1. The van der Waals surface area contributed by atoms with Crippen molar-refractivity contribution in [2.24, 2.45) is 0 Å². The molecule has 0 atom stereocenters. The number of rotatable bonds is 7. The minimum Gasteiger partial charge on any atom is -0.357 e. The number of alkyl halides is 3. The number of benzene rings is 1. The monoisotopic (exact) mass is 568 g/mol. The summed E-state index contributed by atoms with van der Waals surface area (Å²) in [5.74, 6) is 0.372. The van der Waals surface area contributed by atoms with Gasteiger partial charge in [-0.25, -0.2) is 19.7 Å². The molecule has 4 rings (SSSR count). The normalized spacial score (nSPS) is 14.9. The molecule has 2 aromatic heterocycles. The van der Waals surface area contributed by atoms with Gasteiger partial charge in [-0.15, -0.1) is 0 Å². The molecule has 1 aromatic carbocycles. The fraction of sp³-hybridized carbons (Fsp3) is 0.417. The molecule has 2 amide bonds. The minimum atomic E-state index is -4.56. The Morgan fingerprint density at radius 1 is 1.13 bits per heavy atom. The summed E-state index contributed by atoms with van der Waals surface area (Å²) in [6, 6.07) is 3.15. The van der Waals surface area contributed by atoms with E-state index in [9.17, 15) is 18.0 Å². The molecule has 1 saturated heterocycles. The van der Waals surface area contributed by atoms with Gasteiger partial charge in [-0.05, 0) is 31.2 Å². The first kappa shape index (κ1) is 28.0. The van der Waals surface area contributed by atoms with E-state index in [1.165, 1.54) is 18.3 Å². The van der Waals surface area contributed by atoms with Crippen LogP contribution in [0.15, 0.2) is 24.4 Å². The Morgan fingerprint density at radius 2 is 1.84 bits per heavy atom. The molecule has 3 aromatic rings. The zero-order valence-corrected chi connectivity index (χ0v) is 22.7. The lowest BCUT2D eigenvalue weighted by atomic mass is 10.0. The number of hydrogen-bond donors (Lipinski definition) is 3. The topological polar surface area (TPSA) is 98.3 Å². The van der Waals surface area contributed by atoms with Crippen molar-refractivity contribution in [2.75, 3.05) is 55.7 Å². The highest BCUT2D eigenvalue weighted by molar-refractivity contribution is 7.19. The number of urea groups is 1. The number of nitrogens with zero attached hydrogens (tertiary/aromatic N) is 5. The molecule has 3 heterocycles. The highest BCUT2D eigenvalue weighted by Gasteiger charge is 2.34. The number of piperazine rings is 1. The fourth-order valence-electron chi connectivity index (χ4n) is 4.14. The van der Waals surface area contributed by atoms with Gasteiger partial charge in [-0.3, -0.25) is 10.2 Å². The fourth-order valence-corrected chi connectivity index (χ4v) is 5.34. The van der Waals surface area contributed by atoms with Crippen LogP contribution in [-0.4, -0.2) is 70.6 Å². The Bertz CT molecular complexity index is 1290. The van der Waals surface area contributed by atoms with Crippen LogP contribution in [0.4, 0.5) is 34.7 Å². The van der Waals surface area contributed by atoms with E-state index in [1.54, 1.807) is 14.0 Å². The highest BCUT2D eigenvalue weighted by Crippen LogP contribution is 2.37. The van der Waals surface area contributed by atoms with Crippen molar-refractivity contribution >= 4 is 45.7 Å². The summed E-state index contributed by atoms with van der Waals surface area (Å²) in [6.07, 6.45) is -3.10. The number of carbonyl (C=O) groups excluding carboxylic acids is 1. The molecule has 14 heteroatoms. The molecule has 0 spiro atoms. The van der Waals surface area contributed by atoms with E-state index in [0.717, 1.165) is 37.0 Å². The number of amides is 2. The predicted molar refractivity (Wildman–Crippen MR) is 144 cm³/mol. The lowest BCUT2D eigenvalue weighted by molar-refractivity contribution is -0.138. The van der Waals surface area contributed by atoms with Crippen molar-refractivity contribution in [2.45, 2.75) is 26.6 Å². The van der Waals surface area contributed by atoms with Gasteiger partial charge < -0.3 is 15.5 Å². The number of aromatic nitrogens is 3. The number of hydrogen-bond acceptors (Lipinski definition) is 8. The maximum atomic E-state index is 13.9. The van der Waals surface area contributed by atoms with Crippen molar-refractivity contribution < 1.29 is 18.0 Å². The van der Waals surface area contributed by atoms with Gasteiger partial charge in [0.05, 0.1) is 27.4 Å². The SMILES string of the molecule is CCN1CCN(Cc2ccc(NC(=O)Nc3nc(C)c(-c4nc(NC)ncc4Cl)s3)cc2C(F)(F)F)CC1. The number of nitrogens with one attached hydrogen (secondary N) is 3. The standard InChI is InChI=1S/C24H28ClF3N8OS/c1-4-35-7-9-36(10-8-35)13-15-5-6-16(11-17(15)24(26,27)28)32-22(37)34-23-31-14(2)20(38-23)19-18(25)12-30-21(29-3)33-19/h5-6,11-12H,4,7-10,13H2,1-3H3,(H,29,30,33)(H2,31,32,34,37). The quantitative estimate of drug-likeness (QED) is 0.351. The molecule has 0 saturated carbocycles. The van der Waals surface area contributed by atoms with Crippen molar-refractivity contribution in [3.05, 3.63) is 46.2 Å². The third kappa shape index (κ3) is 6.70. The zero-order valence-electron chi connectivity index (χ0n) is 21.1. The van der Waals surface area contributed by atoms with Crippen LogP contribution in [0.5, 0.6) is 0 Å². The minimum absolute atomic E-state index is 0.0281. The molecule has 0 aliphatic carbocycles. The first-order chi connectivity index (χ1) is 18.1. The van der Waals surface area contributed by atoms with Crippen LogP contribution >= 0.6 is 22.9 Å². The second kappa shape index (κ2) is 11.8. The van der Waals surface area contributed by atoms with Crippen LogP contribution in [0.3, 0.4) is 0 Å². The number of aryl methyl sites for hydroxylation is 1. The second-order valence-corrected chi connectivity index (χ2v) is 10.1. The molecule has 1 aliphatic rings. The van der Waals surface area contributed by atoms with E-state index < -0.39 is 17.8 Å². The first-order valence-electron chi connectivity index (χ1n) is 12.0. The van der Waals surface area contributed by atoms with E-state index in [1.807, 2.05) is 4.90 Å². The average Bonchev–Trinajstić information content (AvgIpc) is 3.24. The van der Waals surface area contributed by atoms with E-state index in [-0.39, 0.29) is 22.9 Å². The smallest absolute Gasteiger partial charge is 0.357 e. The Labute approximate surface area is 227 Å². The predicted octanol–water partition coefficient (Wildman–Crippen LogP) is 5.40. The van der Waals surface area contributed by atoms with Gasteiger partial charge in [-0.2, -0.15) is 13.2 Å². The van der Waals surface area contributed by atoms with Gasteiger partial charge >= 0.3 is 12.2 Å².